The van der Waals surface area contributed by atoms with Gasteiger partial charge in [-0.05, 0) is 18.6 Å². The quantitative estimate of drug-likeness (QED) is 0.827. The van der Waals surface area contributed by atoms with Gasteiger partial charge in [-0.15, -0.1) is 0 Å². The van der Waals surface area contributed by atoms with E-state index in [1.165, 1.54) is 12.1 Å². The zero-order chi connectivity index (χ0) is 12.0. The first-order valence-corrected chi connectivity index (χ1v) is 6.03. The molecule has 0 radical (unpaired) electrons. The van der Waals surface area contributed by atoms with Crippen LogP contribution in [-0.2, 0) is 0 Å². The number of carbonyl (C=O) groups excluding carboxylic acids is 1. The van der Waals surface area contributed by atoms with E-state index in [-0.39, 0.29) is 22.5 Å². The lowest BCUT2D eigenvalue weighted by Crippen LogP contribution is -2.46. The zero-order valence-corrected chi connectivity index (χ0v) is 9.88. The number of nitrogens with one attached hydrogen (secondary N) is 1. The predicted molar refractivity (Wildman–Crippen MR) is 62.6 cm³/mol. The molecule has 2 fully saturated rings. The minimum absolute atomic E-state index is 0.00155. The summed E-state index contributed by atoms with van der Waals surface area (Å²) < 4.78 is 13.8. The summed E-state index contributed by atoms with van der Waals surface area (Å²) in [6, 6.07) is 5.11. The van der Waals surface area contributed by atoms with Crippen molar-refractivity contribution in [3.8, 4) is 0 Å². The highest BCUT2D eigenvalue weighted by Crippen LogP contribution is 2.27. The smallest absolute Gasteiger partial charge is 0.257 e. The van der Waals surface area contributed by atoms with Gasteiger partial charge in [-0.3, -0.25) is 4.79 Å². The van der Waals surface area contributed by atoms with E-state index < -0.39 is 5.82 Å². The molecule has 1 aromatic carbocycles. The number of likely N-dealkylation sites (tertiary alicyclic amines) is 1. The fourth-order valence-electron chi connectivity index (χ4n) is 2.63. The molecule has 0 aromatic heterocycles. The van der Waals surface area contributed by atoms with Crippen molar-refractivity contribution in [1.82, 2.24) is 10.2 Å². The molecule has 1 aromatic rings. The monoisotopic (exact) mass is 254 g/mol. The Balaban J connectivity index is 1.89. The number of nitrogens with zero attached hydrogens (tertiary/aromatic N) is 1. The topological polar surface area (TPSA) is 32.3 Å². The lowest BCUT2D eigenvalue weighted by atomic mass is 10.1. The number of benzene rings is 1. The molecule has 0 unspecified atom stereocenters. The minimum Gasteiger partial charge on any atom is -0.333 e. The van der Waals surface area contributed by atoms with Gasteiger partial charge in [0.1, 0.15) is 0 Å². The van der Waals surface area contributed by atoms with Crippen LogP contribution in [0.2, 0.25) is 5.02 Å². The van der Waals surface area contributed by atoms with Crippen molar-refractivity contribution in [2.75, 3.05) is 13.1 Å². The molecule has 3 rings (SSSR count). The molecule has 2 bridgehead atoms. The van der Waals surface area contributed by atoms with Gasteiger partial charge in [-0.2, -0.15) is 0 Å². The Morgan fingerprint density at radius 1 is 1.53 bits per heavy atom. The Labute approximate surface area is 104 Å². The van der Waals surface area contributed by atoms with Gasteiger partial charge in [0.2, 0.25) is 0 Å². The van der Waals surface area contributed by atoms with Crippen LogP contribution in [0.5, 0.6) is 0 Å². The molecule has 3 nitrogen and oxygen atoms in total. The number of piperazine rings is 1. The second-order valence-electron chi connectivity index (χ2n) is 4.55. The largest absolute Gasteiger partial charge is 0.333 e. The molecular weight excluding hydrogens is 243 g/mol. The highest BCUT2D eigenvalue weighted by molar-refractivity contribution is 6.31. The first kappa shape index (κ1) is 11.0. The van der Waals surface area contributed by atoms with Crippen molar-refractivity contribution >= 4 is 17.5 Å². The SMILES string of the molecule is O=C(c1cccc(Cl)c1F)N1C[C@@H]2C[C@H]1CN2. The highest BCUT2D eigenvalue weighted by atomic mass is 35.5. The third-order valence-electron chi connectivity index (χ3n) is 3.50. The average molecular weight is 255 g/mol. The second-order valence-corrected chi connectivity index (χ2v) is 4.96. The summed E-state index contributed by atoms with van der Waals surface area (Å²) in [6.07, 6.45) is 0.966. The molecule has 2 heterocycles. The molecule has 90 valence electrons. The predicted octanol–water partition coefficient (Wildman–Crippen LogP) is 1.67. The molecule has 2 aliphatic rings. The maximum Gasteiger partial charge on any atom is 0.257 e. The first-order valence-electron chi connectivity index (χ1n) is 5.65. The zero-order valence-electron chi connectivity index (χ0n) is 9.12. The number of halogens is 2. The van der Waals surface area contributed by atoms with Crippen LogP contribution in [-0.4, -0.2) is 36.0 Å². The van der Waals surface area contributed by atoms with Crippen LogP contribution in [0.3, 0.4) is 0 Å². The Kier molecular flexibility index (Phi) is 2.56. The van der Waals surface area contributed by atoms with Gasteiger partial charge in [0.25, 0.3) is 5.91 Å². The number of rotatable bonds is 1. The van der Waals surface area contributed by atoms with E-state index in [1.807, 2.05) is 0 Å². The van der Waals surface area contributed by atoms with E-state index in [2.05, 4.69) is 5.32 Å². The Bertz CT molecular complexity index is 480. The van der Waals surface area contributed by atoms with Crippen LogP contribution >= 0.6 is 11.6 Å². The average Bonchev–Trinajstić information content (AvgIpc) is 2.94. The van der Waals surface area contributed by atoms with Crippen molar-refractivity contribution < 1.29 is 9.18 Å². The summed E-state index contributed by atoms with van der Waals surface area (Å²) in [5.74, 6) is -0.867. The molecule has 2 atom stereocenters. The van der Waals surface area contributed by atoms with Crippen LogP contribution < -0.4 is 5.32 Å². The van der Waals surface area contributed by atoms with E-state index in [9.17, 15) is 9.18 Å². The Morgan fingerprint density at radius 2 is 2.35 bits per heavy atom. The Hall–Kier alpha value is -1.13. The van der Waals surface area contributed by atoms with E-state index in [1.54, 1.807) is 11.0 Å². The number of fused-ring (bicyclic) bond motifs is 2. The Morgan fingerprint density at radius 3 is 3.00 bits per heavy atom. The maximum atomic E-state index is 13.8. The number of hydrogen-bond donors (Lipinski definition) is 1. The van der Waals surface area contributed by atoms with Crippen molar-refractivity contribution in [2.24, 2.45) is 0 Å². The van der Waals surface area contributed by atoms with Crippen LogP contribution in [0.15, 0.2) is 18.2 Å². The summed E-state index contributed by atoms with van der Waals surface area (Å²) in [4.78, 5) is 14.0. The second kappa shape index (κ2) is 3.96. The third kappa shape index (κ3) is 1.72. The summed E-state index contributed by atoms with van der Waals surface area (Å²) in [6.45, 7) is 1.47. The van der Waals surface area contributed by atoms with Gasteiger partial charge in [0, 0.05) is 25.2 Å². The van der Waals surface area contributed by atoms with Gasteiger partial charge >= 0.3 is 0 Å². The molecule has 1 N–H and O–H groups in total. The van der Waals surface area contributed by atoms with Crippen molar-refractivity contribution in [3.63, 3.8) is 0 Å². The molecule has 0 spiro atoms. The van der Waals surface area contributed by atoms with Gasteiger partial charge in [-0.25, -0.2) is 4.39 Å². The molecule has 17 heavy (non-hydrogen) atoms. The third-order valence-corrected chi connectivity index (χ3v) is 3.79. The standard InChI is InChI=1S/C12H12ClFN2O/c13-10-3-1-2-9(11(10)14)12(17)16-6-7-4-8(16)5-15-7/h1-3,7-8,15H,4-6H2/t7-,8-/m0/s1. The van der Waals surface area contributed by atoms with Crippen molar-refractivity contribution in [3.05, 3.63) is 34.6 Å². The van der Waals surface area contributed by atoms with Crippen LogP contribution in [0.25, 0.3) is 0 Å². The number of carbonyl (C=O) groups is 1. The number of amides is 1. The molecule has 1 amide bonds. The van der Waals surface area contributed by atoms with Crippen LogP contribution in [0.1, 0.15) is 16.8 Å². The fourth-order valence-corrected chi connectivity index (χ4v) is 2.81. The summed E-state index contributed by atoms with van der Waals surface area (Å²) in [5, 5.41) is 3.30. The molecule has 5 heteroatoms. The first-order chi connectivity index (χ1) is 8.16. The lowest BCUT2D eigenvalue weighted by molar-refractivity contribution is 0.0711. The van der Waals surface area contributed by atoms with Crippen LogP contribution in [0.4, 0.5) is 4.39 Å². The van der Waals surface area contributed by atoms with Crippen LogP contribution in [0, 0.1) is 5.82 Å². The minimum atomic E-state index is -0.616. The van der Waals surface area contributed by atoms with Crippen molar-refractivity contribution in [1.29, 1.82) is 0 Å². The number of hydrogen-bond acceptors (Lipinski definition) is 2. The normalized spacial score (nSPS) is 26.6. The van der Waals surface area contributed by atoms with E-state index in [4.69, 9.17) is 11.6 Å². The van der Waals surface area contributed by atoms with Gasteiger partial charge < -0.3 is 10.2 Å². The molecule has 0 saturated carbocycles. The maximum absolute atomic E-state index is 13.8. The molecule has 2 saturated heterocycles. The molecule has 0 aliphatic carbocycles. The van der Waals surface area contributed by atoms with E-state index in [0.717, 1.165) is 13.0 Å². The van der Waals surface area contributed by atoms with Gasteiger partial charge in [0.05, 0.1) is 10.6 Å². The highest BCUT2D eigenvalue weighted by Gasteiger charge is 2.40. The van der Waals surface area contributed by atoms with Gasteiger partial charge in [-0.1, -0.05) is 17.7 Å². The molecular formula is C12H12ClFN2O. The fraction of sp³-hybridized carbons (Fsp3) is 0.417. The van der Waals surface area contributed by atoms with E-state index >= 15 is 0 Å². The lowest BCUT2D eigenvalue weighted by Gasteiger charge is -2.27. The summed E-state index contributed by atoms with van der Waals surface area (Å²) >= 11 is 5.69. The molecule has 2 aliphatic heterocycles. The summed E-state index contributed by atoms with van der Waals surface area (Å²) in [5.41, 5.74) is 0.0741. The summed E-state index contributed by atoms with van der Waals surface area (Å²) in [7, 11) is 0. The van der Waals surface area contributed by atoms with E-state index in [0.29, 0.717) is 12.6 Å². The van der Waals surface area contributed by atoms with Crippen molar-refractivity contribution in [2.45, 2.75) is 18.5 Å². The van der Waals surface area contributed by atoms with Gasteiger partial charge in [0.15, 0.2) is 5.82 Å².